The van der Waals surface area contributed by atoms with E-state index in [0.717, 1.165) is 19.4 Å². The largest absolute Gasteiger partial charge is 0.463 e. The fraction of sp³-hybridized carbons (Fsp3) is 0.909. The highest BCUT2D eigenvalue weighted by molar-refractivity contribution is 5.71. The Morgan fingerprint density at radius 2 is 2.44 bits per heavy atom. The second-order valence-electron chi connectivity index (χ2n) is 4.83. The van der Waals surface area contributed by atoms with Crippen LogP contribution in [0.5, 0.6) is 0 Å². The molecular formula is C11H20FN3O. The van der Waals surface area contributed by atoms with Crippen LogP contribution in [0.15, 0.2) is 4.99 Å². The summed E-state index contributed by atoms with van der Waals surface area (Å²) >= 11 is 0. The Morgan fingerprint density at radius 3 is 3.12 bits per heavy atom. The monoisotopic (exact) mass is 229 g/mol. The van der Waals surface area contributed by atoms with Crippen molar-refractivity contribution < 1.29 is 9.13 Å². The van der Waals surface area contributed by atoms with Crippen LogP contribution in [0.2, 0.25) is 0 Å². The van der Waals surface area contributed by atoms with Gasteiger partial charge in [-0.3, -0.25) is 4.90 Å². The molecule has 2 N–H and O–H groups in total. The van der Waals surface area contributed by atoms with Crippen LogP contribution in [0.3, 0.4) is 0 Å². The Hall–Kier alpha value is -0.840. The average Bonchev–Trinajstić information content (AvgIpc) is 2.77. The third-order valence-electron chi connectivity index (χ3n) is 3.95. The predicted molar refractivity (Wildman–Crippen MR) is 61.1 cm³/mol. The van der Waals surface area contributed by atoms with E-state index in [-0.39, 0.29) is 17.6 Å². The number of nitrogens with two attached hydrogens (primary N) is 1. The number of ether oxygens (including phenoxy) is 1. The van der Waals surface area contributed by atoms with E-state index in [1.807, 2.05) is 6.92 Å². The van der Waals surface area contributed by atoms with Crippen LogP contribution in [0.1, 0.15) is 26.2 Å². The molecule has 0 amide bonds. The number of alkyl halides is 1. The molecule has 2 aliphatic rings. The molecule has 0 radical (unpaired) electrons. The Morgan fingerprint density at radius 1 is 1.69 bits per heavy atom. The van der Waals surface area contributed by atoms with E-state index in [4.69, 9.17) is 10.5 Å². The van der Waals surface area contributed by atoms with Crippen molar-refractivity contribution in [3.8, 4) is 0 Å². The lowest BCUT2D eigenvalue weighted by Crippen LogP contribution is -2.46. The molecule has 0 aromatic heterocycles. The molecular weight excluding hydrogens is 209 g/mol. The first-order valence-electron chi connectivity index (χ1n) is 5.85. The van der Waals surface area contributed by atoms with Crippen molar-refractivity contribution in [1.82, 2.24) is 4.90 Å². The Bertz CT molecular complexity index is 297. The number of halogens is 1. The van der Waals surface area contributed by atoms with E-state index in [2.05, 4.69) is 9.89 Å². The van der Waals surface area contributed by atoms with Gasteiger partial charge in [0.25, 0.3) is 6.02 Å². The van der Waals surface area contributed by atoms with E-state index in [1.54, 1.807) is 7.05 Å². The molecule has 0 saturated carbocycles. The van der Waals surface area contributed by atoms with Crippen LogP contribution in [-0.2, 0) is 4.74 Å². The fourth-order valence-corrected chi connectivity index (χ4v) is 3.03. The predicted octanol–water partition coefficient (Wildman–Crippen LogP) is 0.912. The quantitative estimate of drug-likeness (QED) is 0.565. The number of hydrogen-bond donors (Lipinski definition) is 1. The van der Waals surface area contributed by atoms with E-state index in [0.29, 0.717) is 13.0 Å². The Kier molecular flexibility index (Phi) is 3.06. The number of hydrogen-bond acceptors (Lipinski definition) is 3. The van der Waals surface area contributed by atoms with Crippen LogP contribution >= 0.6 is 0 Å². The van der Waals surface area contributed by atoms with Crippen LogP contribution in [0.4, 0.5) is 4.39 Å². The van der Waals surface area contributed by atoms with Gasteiger partial charge in [0.2, 0.25) is 0 Å². The molecule has 2 aliphatic heterocycles. The minimum Gasteiger partial charge on any atom is -0.463 e. The molecule has 0 aliphatic carbocycles. The Balaban J connectivity index is 2.05. The van der Waals surface area contributed by atoms with Gasteiger partial charge in [0.1, 0.15) is 12.8 Å². The number of rotatable bonds is 2. The minimum atomic E-state index is -0.747. The highest BCUT2D eigenvalue weighted by Gasteiger charge is 2.53. The first-order chi connectivity index (χ1) is 7.59. The zero-order valence-corrected chi connectivity index (χ0v) is 9.95. The summed E-state index contributed by atoms with van der Waals surface area (Å²) in [7, 11) is 1.59. The van der Waals surface area contributed by atoms with Gasteiger partial charge >= 0.3 is 0 Å². The first kappa shape index (κ1) is 11.6. The molecule has 16 heavy (non-hydrogen) atoms. The van der Waals surface area contributed by atoms with Crippen molar-refractivity contribution in [2.75, 3.05) is 20.2 Å². The molecule has 2 rings (SSSR count). The van der Waals surface area contributed by atoms with Gasteiger partial charge in [-0.15, -0.1) is 0 Å². The zero-order valence-electron chi connectivity index (χ0n) is 9.95. The van der Waals surface area contributed by atoms with E-state index < -0.39 is 6.17 Å². The third-order valence-corrected chi connectivity index (χ3v) is 3.95. The van der Waals surface area contributed by atoms with E-state index in [9.17, 15) is 4.39 Å². The van der Waals surface area contributed by atoms with Crippen LogP contribution in [-0.4, -0.2) is 48.9 Å². The molecule has 0 aromatic rings. The lowest BCUT2D eigenvalue weighted by molar-refractivity contribution is 0.0861. The van der Waals surface area contributed by atoms with Gasteiger partial charge in [-0.25, -0.2) is 9.38 Å². The summed E-state index contributed by atoms with van der Waals surface area (Å²) in [5.41, 5.74) is 5.37. The number of fused-ring (bicyclic) bond motifs is 1. The minimum absolute atomic E-state index is 0.00545. The number of aliphatic imine (C=N–C) groups is 1. The summed E-state index contributed by atoms with van der Waals surface area (Å²) in [5, 5.41) is 0. The molecule has 0 bridgehead atoms. The highest BCUT2D eigenvalue weighted by Crippen LogP contribution is 2.43. The molecule has 1 unspecified atom stereocenters. The standard InChI is InChI=1S/C11H20FN3O/c1-8-9(12)6-11(4-3-5-15(8)11)7-16-10(13)14-2/h8-9H,3-7H2,1-2H3,(H2,13,14)/t8?,9-,11+/m1/s1. The van der Waals surface area contributed by atoms with Gasteiger partial charge in [-0.1, -0.05) is 0 Å². The molecule has 2 heterocycles. The number of nitrogens with zero attached hydrogens (tertiary/aromatic N) is 2. The molecule has 0 spiro atoms. The summed E-state index contributed by atoms with van der Waals surface area (Å²) in [4.78, 5) is 5.99. The smallest absolute Gasteiger partial charge is 0.281 e. The van der Waals surface area contributed by atoms with Gasteiger partial charge in [0.15, 0.2) is 0 Å². The average molecular weight is 229 g/mol. The third kappa shape index (κ3) is 1.77. The summed E-state index contributed by atoms with van der Waals surface area (Å²) < 4.78 is 19.1. The maximum atomic E-state index is 13.7. The molecule has 0 aromatic carbocycles. The van der Waals surface area contributed by atoms with Crippen molar-refractivity contribution in [3.05, 3.63) is 0 Å². The van der Waals surface area contributed by atoms with Gasteiger partial charge in [0, 0.05) is 19.5 Å². The topological polar surface area (TPSA) is 50.9 Å². The second-order valence-corrected chi connectivity index (χ2v) is 4.83. The molecule has 3 atom stereocenters. The normalized spacial score (nSPS) is 40.1. The van der Waals surface area contributed by atoms with Crippen LogP contribution in [0, 0.1) is 0 Å². The fourth-order valence-electron chi connectivity index (χ4n) is 3.03. The van der Waals surface area contributed by atoms with Crippen molar-refractivity contribution >= 4 is 6.02 Å². The van der Waals surface area contributed by atoms with Gasteiger partial charge in [0.05, 0.1) is 5.54 Å². The van der Waals surface area contributed by atoms with Crippen molar-refractivity contribution in [1.29, 1.82) is 0 Å². The molecule has 4 nitrogen and oxygen atoms in total. The summed E-state index contributed by atoms with van der Waals surface area (Å²) in [6, 6.07) is 0.196. The van der Waals surface area contributed by atoms with Gasteiger partial charge in [-0.2, -0.15) is 0 Å². The van der Waals surface area contributed by atoms with Crippen molar-refractivity contribution in [3.63, 3.8) is 0 Å². The van der Waals surface area contributed by atoms with Crippen LogP contribution in [0.25, 0.3) is 0 Å². The van der Waals surface area contributed by atoms with E-state index >= 15 is 0 Å². The SMILES string of the molecule is CN=C(N)OC[C@@]12CCCN1C(C)[C@H](F)C2. The highest BCUT2D eigenvalue weighted by atomic mass is 19.1. The summed E-state index contributed by atoms with van der Waals surface area (Å²) in [5.74, 6) is 0. The maximum Gasteiger partial charge on any atom is 0.281 e. The molecule has 5 heteroatoms. The van der Waals surface area contributed by atoms with Crippen molar-refractivity contribution in [2.24, 2.45) is 10.7 Å². The Labute approximate surface area is 95.7 Å². The van der Waals surface area contributed by atoms with Crippen LogP contribution < -0.4 is 5.73 Å². The molecule has 2 saturated heterocycles. The lowest BCUT2D eigenvalue weighted by atomic mass is 9.94. The number of amidine groups is 1. The second kappa shape index (κ2) is 4.20. The van der Waals surface area contributed by atoms with E-state index in [1.165, 1.54) is 0 Å². The zero-order chi connectivity index (χ0) is 11.8. The maximum absolute atomic E-state index is 13.7. The van der Waals surface area contributed by atoms with Gasteiger partial charge < -0.3 is 10.5 Å². The van der Waals surface area contributed by atoms with Gasteiger partial charge in [-0.05, 0) is 26.3 Å². The molecule has 2 fully saturated rings. The lowest BCUT2D eigenvalue weighted by Gasteiger charge is -2.33. The summed E-state index contributed by atoms with van der Waals surface area (Å²) in [6.45, 7) is 3.38. The molecule has 92 valence electrons. The summed E-state index contributed by atoms with van der Waals surface area (Å²) in [6.07, 6.45) is 1.92. The van der Waals surface area contributed by atoms with Crippen molar-refractivity contribution in [2.45, 2.75) is 43.9 Å². The first-order valence-corrected chi connectivity index (χ1v) is 5.85.